The monoisotopic (exact) mass is 523 g/mol. The number of hydrogen-bond acceptors (Lipinski definition) is 6. The first-order valence-corrected chi connectivity index (χ1v) is 12.2. The molecule has 0 bridgehead atoms. The van der Waals surface area contributed by atoms with Crippen LogP contribution in [0.25, 0.3) is 10.9 Å². The van der Waals surface area contributed by atoms with Crippen molar-refractivity contribution in [3.8, 4) is 5.75 Å². The van der Waals surface area contributed by atoms with Crippen LogP contribution in [-0.2, 0) is 32.0 Å². The summed E-state index contributed by atoms with van der Waals surface area (Å²) in [6.45, 7) is 2.87. The summed E-state index contributed by atoms with van der Waals surface area (Å²) in [5.74, 6) is -3.36. The van der Waals surface area contributed by atoms with Gasteiger partial charge >= 0.3 is 5.97 Å². The number of carbonyl (C=O) groups excluding carboxylic acids is 3. The molecule has 3 unspecified atom stereocenters. The van der Waals surface area contributed by atoms with Crippen molar-refractivity contribution in [1.29, 1.82) is 0 Å². The van der Waals surface area contributed by atoms with E-state index in [-0.39, 0.29) is 24.5 Å². The SMILES string of the molecule is CC(C)C(NC(=O)C(N)Cc1c[nH]c2ccccc12)C(=O)NC(Cc1ccc(O)cc1)C(=O)NCC(=O)O. The maximum atomic E-state index is 13.2. The zero-order valence-corrected chi connectivity index (χ0v) is 21.2. The summed E-state index contributed by atoms with van der Waals surface area (Å²) in [7, 11) is 0. The molecule has 0 aliphatic rings. The molecule has 11 heteroatoms. The van der Waals surface area contributed by atoms with Crippen molar-refractivity contribution < 1.29 is 29.4 Å². The second-order valence-corrected chi connectivity index (χ2v) is 9.44. The number of carbonyl (C=O) groups is 4. The fourth-order valence-corrected chi connectivity index (χ4v) is 4.05. The molecule has 1 heterocycles. The second kappa shape index (κ2) is 12.7. The second-order valence-electron chi connectivity index (χ2n) is 9.44. The number of phenolic OH excluding ortho intramolecular Hbond substituents is 1. The Hall–Kier alpha value is -4.38. The van der Waals surface area contributed by atoms with Crippen LogP contribution in [0.4, 0.5) is 0 Å². The van der Waals surface area contributed by atoms with Crippen molar-refractivity contribution in [2.75, 3.05) is 6.54 Å². The molecule has 0 saturated carbocycles. The number of aromatic amines is 1. The standard InChI is InChI=1S/C27H33N5O6/c1-15(2)24(32-25(36)20(28)12-17-13-29-21-6-4-3-5-19(17)21)27(38)31-22(26(37)30-14-23(34)35)11-16-7-9-18(33)10-8-16/h3-10,13,15,20,22,24,29,33H,11-12,14,28H2,1-2H3,(H,30,37)(H,31,38)(H,32,36)(H,34,35). The first-order chi connectivity index (χ1) is 18.0. The molecule has 3 aromatic rings. The topological polar surface area (TPSA) is 187 Å². The average molecular weight is 524 g/mol. The number of nitrogens with one attached hydrogen (secondary N) is 4. The van der Waals surface area contributed by atoms with E-state index in [1.807, 2.05) is 24.3 Å². The van der Waals surface area contributed by atoms with Crippen molar-refractivity contribution in [1.82, 2.24) is 20.9 Å². The van der Waals surface area contributed by atoms with Gasteiger partial charge in [0.15, 0.2) is 0 Å². The van der Waals surface area contributed by atoms with Gasteiger partial charge in [0, 0.05) is 23.5 Å². The number of H-pyrrole nitrogens is 1. The summed E-state index contributed by atoms with van der Waals surface area (Å²) in [6, 6.07) is 10.7. The predicted molar refractivity (Wildman–Crippen MR) is 141 cm³/mol. The van der Waals surface area contributed by atoms with E-state index in [9.17, 15) is 24.3 Å². The third kappa shape index (κ3) is 7.56. The van der Waals surface area contributed by atoms with E-state index in [0.29, 0.717) is 5.56 Å². The third-order valence-corrected chi connectivity index (χ3v) is 6.12. The highest BCUT2D eigenvalue weighted by Crippen LogP contribution is 2.19. The van der Waals surface area contributed by atoms with E-state index < -0.39 is 48.4 Å². The van der Waals surface area contributed by atoms with Gasteiger partial charge in [-0.25, -0.2) is 0 Å². The molecule has 1 aromatic heterocycles. The molecular weight excluding hydrogens is 490 g/mol. The summed E-state index contributed by atoms with van der Waals surface area (Å²) in [6.07, 6.45) is 2.09. The highest BCUT2D eigenvalue weighted by atomic mass is 16.4. The molecule has 0 fully saturated rings. The summed E-state index contributed by atoms with van der Waals surface area (Å²) in [4.78, 5) is 53.0. The molecule has 11 nitrogen and oxygen atoms in total. The van der Waals surface area contributed by atoms with Crippen LogP contribution in [0.2, 0.25) is 0 Å². The Morgan fingerprint density at radius 2 is 1.61 bits per heavy atom. The van der Waals surface area contributed by atoms with Crippen LogP contribution >= 0.6 is 0 Å². The number of rotatable bonds is 12. The number of hydrogen-bond donors (Lipinski definition) is 7. The maximum Gasteiger partial charge on any atom is 0.322 e. The minimum absolute atomic E-state index is 0.0380. The number of carboxylic acid groups (broad SMARTS) is 1. The molecule has 0 aliphatic carbocycles. The molecule has 0 saturated heterocycles. The number of fused-ring (bicyclic) bond motifs is 1. The summed E-state index contributed by atoms with van der Waals surface area (Å²) in [5, 5.41) is 27.0. The van der Waals surface area contributed by atoms with E-state index in [1.165, 1.54) is 12.1 Å². The van der Waals surface area contributed by atoms with Crippen LogP contribution in [0.15, 0.2) is 54.7 Å². The van der Waals surface area contributed by atoms with Crippen LogP contribution in [0.3, 0.4) is 0 Å². The van der Waals surface area contributed by atoms with Gasteiger partial charge in [0.05, 0.1) is 6.04 Å². The highest BCUT2D eigenvalue weighted by molar-refractivity contribution is 5.94. The average Bonchev–Trinajstić information content (AvgIpc) is 3.28. The maximum absolute atomic E-state index is 13.2. The number of phenols is 1. The molecule has 38 heavy (non-hydrogen) atoms. The Balaban J connectivity index is 1.70. The van der Waals surface area contributed by atoms with Gasteiger partial charge in [-0.05, 0) is 41.7 Å². The van der Waals surface area contributed by atoms with Crippen LogP contribution in [0.1, 0.15) is 25.0 Å². The predicted octanol–water partition coefficient (Wildman–Crippen LogP) is 0.812. The van der Waals surface area contributed by atoms with Gasteiger partial charge in [-0.1, -0.05) is 44.2 Å². The zero-order valence-electron chi connectivity index (χ0n) is 21.2. The Morgan fingerprint density at radius 1 is 0.921 bits per heavy atom. The van der Waals surface area contributed by atoms with Crippen LogP contribution < -0.4 is 21.7 Å². The molecule has 0 spiro atoms. The smallest absolute Gasteiger partial charge is 0.322 e. The fourth-order valence-electron chi connectivity index (χ4n) is 4.05. The van der Waals surface area contributed by atoms with Gasteiger partial charge in [-0.15, -0.1) is 0 Å². The normalized spacial score (nSPS) is 13.5. The number of nitrogens with two attached hydrogens (primary N) is 1. The molecule has 3 atom stereocenters. The molecule has 2 aromatic carbocycles. The molecule has 3 amide bonds. The van der Waals surface area contributed by atoms with E-state index in [4.69, 9.17) is 10.8 Å². The van der Waals surface area contributed by atoms with Crippen LogP contribution in [-0.4, -0.2) is 63.6 Å². The highest BCUT2D eigenvalue weighted by Gasteiger charge is 2.30. The minimum atomic E-state index is -1.23. The van der Waals surface area contributed by atoms with Crippen molar-refractivity contribution >= 4 is 34.6 Å². The molecule has 8 N–H and O–H groups in total. The lowest BCUT2D eigenvalue weighted by atomic mass is 9.99. The minimum Gasteiger partial charge on any atom is -0.508 e. The van der Waals surface area contributed by atoms with Crippen molar-refractivity contribution in [2.24, 2.45) is 11.7 Å². The molecule has 0 aliphatic heterocycles. The summed E-state index contributed by atoms with van der Waals surface area (Å²) < 4.78 is 0. The molecule has 202 valence electrons. The van der Waals surface area contributed by atoms with Crippen molar-refractivity contribution in [3.05, 3.63) is 65.9 Å². The van der Waals surface area contributed by atoms with E-state index in [1.54, 1.807) is 32.2 Å². The number of carboxylic acids is 1. The van der Waals surface area contributed by atoms with Gasteiger partial charge in [0.2, 0.25) is 17.7 Å². The lowest BCUT2D eigenvalue weighted by molar-refractivity contribution is -0.138. The van der Waals surface area contributed by atoms with Gasteiger partial charge in [0.1, 0.15) is 24.4 Å². The molecule has 0 radical (unpaired) electrons. The lowest BCUT2D eigenvalue weighted by Crippen LogP contribution is -2.58. The zero-order chi connectivity index (χ0) is 27.8. The Labute approximate surface area is 219 Å². The number of amides is 3. The fraction of sp³-hybridized carbons (Fsp3) is 0.333. The number of aromatic nitrogens is 1. The van der Waals surface area contributed by atoms with E-state index >= 15 is 0 Å². The molecule has 3 rings (SSSR count). The van der Waals surface area contributed by atoms with Crippen molar-refractivity contribution in [2.45, 2.75) is 44.8 Å². The first-order valence-electron chi connectivity index (χ1n) is 12.2. The van der Waals surface area contributed by atoms with Gasteiger partial charge in [0.25, 0.3) is 0 Å². The number of benzene rings is 2. The third-order valence-electron chi connectivity index (χ3n) is 6.12. The number of para-hydroxylation sites is 1. The largest absolute Gasteiger partial charge is 0.508 e. The molecular formula is C27H33N5O6. The van der Waals surface area contributed by atoms with E-state index in [2.05, 4.69) is 20.9 Å². The van der Waals surface area contributed by atoms with Crippen molar-refractivity contribution in [3.63, 3.8) is 0 Å². The van der Waals surface area contributed by atoms with Gasteiger partial charge in [-0.2, -0.15) is 0 Å². The number of aliphatic carboxylic acids is 1. The summed E-state index contributed by atoms with van der Waals surface area (Å²) >= 11 is 0. The van der Waals surface area contributed by atoms with Gasteiger partial charge < -0.3 is 36.9 Å². The Morgan fingerprint density at radius 3 is 2.26 bits per heavy atom. The van der Waals surface area contributed by atoms with Gasteiger partial charge in [-0.3, -0.25) is 19.2 Å². The summed E-state index contributed by atoms with van der Waals surface area (Å²) in [5.41, 5.74) is 8.61. The first kappa shape index (κ1) is 28.2. The number of aromatic hydroxyl groups is 1. The lowest BCUT2D eigenvalue weighted by Gasteiger charge is -2.26. The van der Waals surface area contributed by atoms with Crippen LogP contribution in [0, 0.1) is 5.92 Å². The quantitative estimate of drug-likeness (QED) is 0.183. The van der Waals surface area contributed by atoms with Crippen LogP contribution in [0.5, 0.6) is 5.75 Å². The Kier molecular flexibility index (Phi) is 9.44. The van der Waals surface area contributed by atoms with E-state index in [0.717, 1.165) is 16.5 Å². The Bertz CT molecular complexity index is 1290.